The first-order valence-electron chi connectivity index (χ1n) is 8.99. The molecule has 1 aliphatic carbocycles. The smallest absolute Gasteiger partial charge is 0.264 e. The summed E-state index contributed by atoms with van der Waals surface area (Å²) < 4.78 is 40.3. The number of aryl methyl sites for hydroxylation is 1. The zero-order valence-electron chi connectivity index (χ0n) is 16.0. The SMILES string of the molecule is [2H]Cc1nc2c([2H])c([2H])c([2H])c(N)c2c(=O)n1C1([2H])CCC(=O)CC1=O. The molecule has 2 N–H and O–H groups in total. The maximum atomic E-state index is 13.1. The van der Waals surface area contributed by atoms with Crippen LogP contribution in [-0.4, -0.2) is 21.1 Å². The Labute approximate surface area is 127 Å². The first-order chi connectivity index (χ1) is 12.1. The first kappa shape index (κ1) is 8.71. The number of ketones is 2. The van der Waals surface area contributed by atoms with Crippen molar-refractivity contribution in [1.82, 2.24) is 9.55 Å². The van der Waals surface area contributed by atoms with Gasteiger partial charge in [-0.1, -0.05) is 6.04 Å². The van der Waals surface area contributed by atoms with Crippen molar-refractivity contribution in [2.24, 2.45) is 0 Å². The van der Waals surface area contributed by atoms with E-state index in [2.05, 4.69) is 4.98 Å². The number of aromatic nitrogens is 2. The molecule has 0 aliphatic heterocycles. The van der Waals surface area contributed by atoms with E-state index in [-0.39, 0.29) is 41.0 Å². The normalized spacial score (nSPS) is 26.0. The fraction of sp³-hybridized carbons (Fsp3) is 0.333. The second-order valence-corrected chi connectivity index (χ2v) is 4.77. The number of carbonyl (C=O) groups excluding carboxylic acids is 2. The molecule has 0 saturated heterocycles. The van der Waals surface area contributed by atoms with Gasteiger partial charge in [0.1, 0.15) is 11.6 Å². The van der Waals surface area contributed by atoms with Crippen molar-refractivity contribution in [2.75, 3.05) is 5.73 Å². The van der Waals surface area contributed by atoms with Gasteiger partial charge in [-0.05, 0) is 25.4 Å². The Balaban J connectivity index is 2.44. The van der Waals surface area contributed by atoms with E-state index in [9.17, 15) is 14.4 Å². The number of hydrogen-bond acceptors (Lipinski definition) is 5. The monoisotopic (exact) mass is 290 g/mol. The summed E-state index contributed by atoms with van der Waals surface area (Å²) in [6.07, 6.45) is -0.783. The van der Waals surface area contributed by atoms with Crippen LogP contribution >= 0.6 is 0 Å². The molecule has 1 aliphatic rings. The Morgan fingerprint density at radius 2 is 2.29 bits per heavy atom. The summed E-state index contributed by atoms with van der Waals surface area (Å²) >= 11 is 0. The molecule has 1 atom stereocenters. The number of Topliss-reactive ketones (excluding diaryl/α,β-unsaturated/α-hetero) is 2. The summed E-state index contributed by atoms with van der Waals surface area (Å²) in [6.45, 7) is -0.553. The molecule has 6 heteroatoms. The van der Waals surface area contributed by atoms with Crippen LogP contribution in [0.4, 0.5) is 5.69 Å². The van der Waals surface area contributed by atoms with Crippen LogP contribution < -0.4 is 11.3 Å². The highest BCUT2D eigenvalue weighted by Crippen LogP contribution is 2.24. The number of benzene rings is 1. The van der Waals surface area contributed by atoms with E-state index in [1.165, 1.54) is 0 Å². The minimum absolute atomic E-state index is 0.0638. The summed E-state index contributed by atoms with van der Waals surface area (Å²) in [5.74, 6) is -1.34. The molecule has 2 aromatic rings. The van der Waals surface area contributed by atoms with Gasteiger partial charge >= 0.3 is 0 Å². The number of rotatable bonds is 1. The summed E-state index contributed by atoms with van der Waals surface area (Å²) in [6, 6.07) is -3.60. The Morgan fingerprint density at radius 1 is 1.48 bits per heavy atom. The highest BCUT2D eigenvalue weighted by Gasteiger charge is 2.30. The number of nitrogens with two attached hydrogens (primary N) is 1. The van der Waals surface area contributed by atoms with Gasteiger partial charge in [-0.25, -0.2) is 4.98 Å². The largest absolute Gasteiger partial charge is 0.398 e. The third kappa shape index (κ3) is 2.12. The van der Waals surface area contributed by atoms with Crippen LogP contribution in [-0.2, 0) is 9.59 Å². The van der Waals surface area contributed by atoms with Crippen LogP contribution in [0.25, 0.3) is 10.9 Å². The number of nitrogen functional groups attached to an aromatic ring is 1. The molecular weight excluding hydrogens is 270 g/mol. The molecule has 1 saturated carbocycles. The molecule has 1 fully saturated rings. The molecule has 108 valence electrons. The van der Waals surface area contributed by atoms with Gasteiger partial charge in [0.05, 0.1) is 28.8 Å². The fourth-order valence-electron chi connectivity index (χ4n) is 2.40. The van der Waals surface area contributed by atoms with Gasteiger partial charge in [0.25, 0.3) is 5.56 Å². The zero-order chi connectivity index (χ0) is 19.4. The summed E-state index contributed by atoms with van der Waals surface area (Å²) in [5, 5.41) is -0.329. The van der Waals surface area contributed by atoms with Crippen molar-refractivity contribution in [3.63, 3.8) is 0 Å². The third-order valence-electron chi connectivity index (χ3n) is 3.39. The molecule has 21 heavy (non-hydrogen) atoms. The van der Waals surface area contributed by atoms with Gasteiger partial charge in [0.2, 0.25) is 0 Å². The quantitative estimate of drug-likeness (QED) is 0.628. The second kappa shape index (κ2) is 4.80. The maximum Gasteiger partial charge on any atom is 0.264 e. The zero-order valence-corrected chi connectivity index (χ0v) is 11.0. The second-order valence-electron chi connectivity index (χ2n) is 4.77. The molecule has 1 unspecified atom stereocenters. The van der Waals surface area contributed by atoms with Crippen LogP contribution in [0.15, 0.2) is 22.9 Å². The molecule has 1 aromatic carbocycles. The van der Waals surface area contributed by atoms with Crippen molar-refractivity contribution in [3.05, 3.63) is 34.3 Å². The van der Waals surface area contributed by atoms with E-state index in [4.69, 9.17) is 12.6 Å². The molecule has 0 radical (unpaired) electrons. The highest BCUT2D eigenvalue weighted by atomic mass is 16.2. The minimum Gasteiger partial charge on any atom is -0.398 e. The minimum atomic E-state index is -2.10. The molecule has 1 heterocycles. The van der Waals surface area contributed by atoms with E-state index in [0.717, 1.165) is 4.57 Å². The van der Waals surface area contributed by atoms with E-state index >= 15 is 0 Å². The van der Waals surface area contributed by atoms with Gasteiger partial charge in [-0.2, -0.15) is 0 Å². The summed E-state index contributed by atoms with van der Waals surface area (Å²) in [4.78, 5) is 40.9. The molecule has 0 amide bonds. The van der Waals surface area contributed by atoms with Crippen molar-refractivity contribution >= 4 is 28.2 Å². The van der Waals surface area contributed by atoms with Crippen molar-refractivity contribution in [1.29, 1.82) is 0 Å². The van der Waals surface area contributed by atoms with Crippen LogP contribution in [0.5, 0.6) is 0 Å². The number of carbonyl (C=O) groups is 2. The average Bonchev–Trinajstić information content (AvgIpc) is 2.60. The summed E-state index contributed by atoms with van der Waals surface area (Å²) in [7, 11) is 0. The number of anilines is 1. The van der Waals surface area contributed by atoms with Crippen LogP contribution in [0.2, 0.25) is 0 Å². The Hall–Kier alpha value is -2.50. The van der Waals surface area contributed by atoms with Crippen LogP contribution in [0.3, 0.4) is 0 Å². The first-order valence-corrected chi connectivity index (χ1v) is 6.29. The van der Waals surface area contributed by atoms with E-state index in [0.29, 0.717) is 0 Å². The lowest BCUT2D eigenvalue weighted by Gasteiger charge is -2.24. The predicted octanol–water partition coefficient (Wildman–Crippen LogP) is 1.15. The lowest BCUT2D eigenvalue weighted by Crippen LogP contribution is -2.36. The van der Waals surface area contributed by atoms with Crippen molar-refractivity contribution in [3.8, 4) is 0 Å². The lowest BCUT2D eigenvalue weighted by molar-refractivity contribution is -0.132. The maximum absolute atomic E-state index is 13.1. The van der Waals surface area contributed by atoms with E-state index in [1.807, 2.05) is 0 Å². The molecule has 1 aromatic heterocycles. The Morgan fingerprint density at radius 3 is 3.00 bits per heavy atom. The average molecular weight is 290 g/mol. The van der Waals surface area contributed by atoms with Crippen molar-refractivity contribution in [2.45, 2.75) is 32.2 Å². The van der Waals surface area contributed by atoms with Gasteiger partial charge in [0, 0.05) is 13.5 Å². The fourth-order valence-corrected chi connectivity index (χ4v) is 2.40. The number of fused-ring (bicyclic) bond motifs is 1. The van der Waals surface area contributed by atoms with Crippen LogP contribution in [0, 0.1) is 6.90 Å². The standard InChI is InChI=1S/C15H15N3O3/c1-8-17-11-4-2-3-10(16)14(11)15(21)18(8)12-6-5-9(19)7-13(12)20/h2-4,12H,5-7,16H2,1H3/i1D,2D,3D,4D,12D. The molecular formula is C15H15N3O3. The molecule has 0 bridgehead atoms. The lowest BCUT2D eigenvalue weighted by atomic mass is 9.92. The van der Waals surface area contributed by atoms with Gasteiger partial charge in [-0.15, -0.1) is 0 Å². The van der Waals surface area contributed by atoms with E-state index in [1.54, 1.807) is 0 Å². The Kier molecular flexibility index (Phi) is 1.99. The van der Waals surface area contributed by atoms with Gasteiger partial charge in [0.15, 0.2) is 5.78 Å². The number of nitrogens with zero attached hydrogens (tertiary/aromatic N) is 2. The topological polar surface area (TPSA) is 95.0 Å². The highest BCUT2D eigenvalue weighted by molar-refractivity contribution is 6.03. The van der Waals surface area contributed by atoms with Gasteiger partial charge < -0.3 is 5.73 Å². The van der Waals surface area contributed by atoms with Crippen molar-refractivity contribution < 1.29 is 16.4 Å². The molecule has 0 spiro atoms. The van der Waals surface area contributed by atoms with Gasteiger partial charge in [-0.3, -0.25) is 19.0 Å². The predicted molar refractivity (Wildman–Crippen MR) is 78.1 cm³/mol. The van der Waals surface area contributed by atoms with E-state index < -0.39 is 48.8 Å². The third-order valence-corrected chi connectivity index (χ3v) is 3.39. The molecule has 6 nitrogen and oxygen atoms in total. The molecule has 3 rings (SSSR count). The summed E-state index contributed by atoms with van der Waals surface area (Å²) in [5.41, 5.74) is 4.26. The van der Waals surface area contributed by atoms with Crippen LogP contribution in [0.1, 0.15) is 38.0 Å². The Bertz CT molecular complexity index is 1040. The number of hydrogen-bond donors (Lipinski definition) is 1.